The quantitative estimate of drug-likeness (QED) is 0.800. The molecule has 1 spiro atoms. The number of ketones is 1. The van der Waals surface area contributed by atoms with E-state index in [1.807, 2.05) is 0 Å². The van der Waals surface area contributed by atoms with Gasteiger partial charge in [0.2, 0.25) is 0 Å². The molecule has 1 unspecified atom stereocenters. The fourth-order valence-corrected chi connectivity index (χ4v) is 3.25. The molecule has 2 aliphatic carbocycles. The van der Waals surface area contributed by atoms with Crippen LogP contribution in [0.15, 0.2) is 24.3 Å². The summed E-state index contributed by atoms with van der Waals surface area (Å²) in [5, 5.41) is 0. The van der Waals surface area contributed by atoms with E-state index in [0.29, 0.717) is 12.2 Å². The second kappa shape index (κ2) is 4.38. The zero-order valence-electron chi connectivity index (χ0n) is 10.3. The van der Waals surface area contributed by atoms with E-state index in [4.69, 9.17) is 4.74 Å². The first-order chi connectivity index (χ1) is 8.72. The largest absolute Gasteiger partial charge is 0.486 e. The van der Waals surface area contributed by atoms with Crippen molar-refractivity contribution in [1.82, 2.24) is 0 Å². The van der Waals surface area contributed by atoms with Gasteiger partial charge in [0.1, 0.15) is 11.9 Å². The van der Waals surface area contributed by atoms with Crippen molar-refractivity contribution in [2.24, 2.45) is 5.41 Å². The molecule has 2 aliphatic rings. The fraction of sp³-hybridized carbons (Fsp3) is 0.533. The molecule has 0 aliphatic heterocycles. The maximum Gasteiger partial charge on any atom is 0.165 e. The lowest BCUT2D eigenvalue weighted by Gasteiger charge is -2.49. The van der Waals surface area contributed by atoms with Gasteiger partial charge >= 0.3 is 0 Å². The summed E-state index contributed by atoms with van der Waals surface area (Å²) in [5.41, 5.74) is -0.305. The van der Waals surface area contributed by atoms with E-state index in [0.717, 1.165) is 25.7 Å². The summed E-state index contributed by atoms with van der Waals surface area (Å²) < 4.78 is 19.3. The number of para-hydroxylation sites is 1. The Morgan fingerprint density at radius 3 is 2.56 bits per heavy atom. The number of hydrogen-bond donors (Lipinski definition) is 0. The number of carbonyl (C=O) groups is 1. The number of benzene rings is 1. The highest BCUT2D eigenvalue weighted by Gasteiger charge is 2.56. The van der Waals surface area contributed by atoms with Crippen LogP contribution in [0.5, 0.6) is 5.75 Å². The average molecular weight is 248 g/mol. The maximum atomic E-state index is 13.6. The van der Waals surface area contributed by atoms with Gasteiger partial charge in [-0.1, -0.05) is 31.4 Å². The highest BCUT2D eigenvalue weighted by atomic mass is 19.1. The lowest BCUT2D eigenvalue weighted by Crippen LogP contribution is -2.57. The molecule has 2 fully saturated rings. The standard InChI is InChI=1S/C15H17FO2/c16-11-6-2-3-7-12(11)18-14-10-13(17)15(14)8-4-1-5-9-15/h2-3,6-7,14H,1,4-5,8-10H2. The first kappa shape index (κ1) is 11.7. The van der Waals surface area contributed by atoms with Crippen LogP contribution in [0.4, 0.5) is 4.39 Å². The van der Waals surface area contributed by atoms with Crippen LogP contribution in [-0.4, -0.2) is 11.9 Å². The van der Waals surface area contributed by atoms with Gasteiger partial charge in [0.15, 0.2) is 11.6 Å². The molecular weight excluding hydrogens is 231 g/mol. The number of hydrogen-bond acceptors (Lipinski definition) is 2. The summed E-state index contributed by atoms with van der Waals surface area (Å²) >= 11 is 0. The van der Waals surface area contributed by atoms with Crippen LogP contribution in [0.2, 0.25) is 0 Å². The monoisotopic (exact) mass is 248 g/mol. The highest BCUT2D eigenvalue weighted by Crippen LogP contribution is 2.50. The molecule has 1 atom stereocenters. The molecule has 1 aromatic rings. The van der Waals surface area contributed by atoms with E-state index in [2.05, 4.69) is 0 Å². The number of carbonyl (C=O) groups excluding carboxylic acids is 1. The Balaban J connectivity index is 1.77. The Morgan fingerprint density at radius 2 is 1.89 bits per heavy atom. The van der Waals surface area contributed by atoms with Gasteiger partial charge < -0.3 is 4.74 Å². The van der Waals surface area contributed by atoms with E-state index in [1.54, 1.807) is 18.2 Å². The predicted octanol–water partition coefficient (Wildman–Crippen LogP) is 3.50. The van der Waals surface area contributed by atoms with Gasteiger partial charge in [0.25, 0.3) is 0 Å². The maximum absolute atomic E-state index is 13.6. The minimum Gasteiger partial charge on any atom is -0.486 e. The van der Waals surface area contributed by atoms with Crippen LogP contribution < -0.4 is 4.74 Å². The zero-order valence-corrected chi connectivity index (χ0v) is 10.3. The van der Waals surface area contributed by atoms with Gasteiger partial charge in [0, 0.05) is 6.42 Å². The van der Waals surface area contributed by atoms with Crippen LogP contribution in [0.3, 0.4) is 0 Å². The lowest BCUT2D eigenvalue weighted by molar-refractivity contribution is -0.156. The second-order valence-corrected chi connectivity index (χ2v) is 5.38. The minimum absolute atomic E-state index is 0.123. The van der Waals surface area contributed by atoms with Crippen molar-refractivity contribution in [2.75, 3.05) is 0 Å². The predicted molar refractivity (Wildman–Crippen MR) is 66.0 cm³/mol. The Kier molecular flexibility index (Phi) is 2.84. The number of ether oxygens (including phenoxy) is 1. The van der Waals surface area contributed by atoms with E-state index in [1.165, 1.54) is 12.5 Å². The van der Waals surface area contributed by atoms with E-state index >= 15 is 0 Å². The zero-order chi connectivity index (χ0) is 12.6. The van der Waals surface area contributed by atoms with Crippen molar-refractivity contribution in [3.05, 3.63) is 30.1 Å². The Morgan fingerprint density at radius 1 is 1.17 bits per heavy atom. The third-order valence-electron chi connectivity index (χ3n) is 4.39. The van der Waals surface area contributed by atoms with Gasteiger partial charge in [-0.15, -0.1) is 0 Å². The average Bonchev–Trinajstić information content (AvgIpc) is 2.41. The van der Waals surface area contributed by atoms with Crippen LogP contribution in [0, 0.1) is 11.2 Å². The third-order valence-corrected chi connectivity index (χ3v) is 4.39. The first-order valence-corrected chi connectivity index (χ1v) is 6.67. The van der Waals surface area contributed by atoms with Crippen molar-refractivity contribution in [1.29, 1.82) is 0 Å². The van der Waals surface area contributed by atoms with E-state index in [9.17, 15) is 9.18 Å². The highest BCUT2D eigenvalue weighted by molar-refractivity contribution is 5.92. The molecule has 96 valence electrons. The molecule has 0 radical (unpaired) electrons. The van der Waals surface area contributed by atoms with Gasteiger partial charge in [0.05, 0.1) is 5.41 Å². The van der Waals surface area contributed by atoms with E-state index < -0.39 is 0 Å². The first-order valence-electron chi connectivity index (χ1n) is 6.67. The molecule has 0 aromatic heterocycles. The number of Topliss-reactive ketones (excluding diaryl/α,β-unsaturated/α-hetero) is 1. The molecular formula is C15H17FO2. The molecule has 1 aromatic carbocycles. The molecule has 0 saturated heterocycles. The Hall–Kier alpha value is -1.38. The molecule has 0 bridgehead atoms. The summed E-state index contributed by atoms with van der Waals surface area (Å²) in [4.78, 5) is 11.9. The summed E-state index contributed by atoms with van der Waals surface area (Å²) in [6, 6.07) is 6.43. The summed E-state index contributed by atoms with van der Waals surface area (Å²) in [6.07, 6.45) is 5.50. The fourth-order valence-electron chi connectivity index (χ4n) is 3.25. The Bertz CT molecular complexity index is 463. The third kappa shape index (κ3) is 1.73. The molecule has 3 heteroatoms. The van der Waals surface area contributed by atoms with Gasteiger partial charge in [-0.3, -0.25) is 4.79 Å². The Labute approximate surface area is 106 Å². The van der Waals surface area contributed by atoms with Crippen molar-refractivity contribution >= 4 is 5.78 Å². The smallest absolute Gasteiger partial charge is 0.165 e. The molecule has 0 amide bonds. The molecule has 2 nitrogen and oxygen atoms in total. The van der Waals surface area contributed by atoms with Gasteiger partial charge in [-0.25, -0.2) is 4.39 Å². The summed E-state index contributed by atoms with van der Waals surface area (Å²) in [5.74, 6) is 0.242. The van der Waals surface area contributed by atoms with Gasteiger partial charge in [-0.05, 0) is 25.0 Å². The van der Waals surface area contributed by atoms with Crippen LogP contribution in [-0.2, 0) is 4.79 Å². The molecule has 0 N–H and O–H groups in total. The van der Waals surface area contributed by atoms with Crippen LogP contribution >= 0.6 is 0 Å². The SMILES string of the molecule is O=C1CC(Oc2ccccc2F)C12CCCCC2. The topological polar surface area (TPSA) is 26.3 Å². The van der Waals surface area contributed by atoms with Crippen molar-refractivity contribution in [3.8, 4) is 5.75 Å². The molecule has 0 heterocycles. The molecule has 18 heavy (non-hydrogen) atoms. The molecule has 3 rings (SSSR count). The van der Waals surface area contributed by atoms with Gasteiger partial charge in [-0.2, -0.15) is 0 Å². The molecule has 2 saturated carbocycles. The van der Waals surface area contributed by atoms with Crippen molar-refractivity contribution < 1.29 is 13.9 Å². The second-order valence-electron chi connectivity index (χ2n) is 5.38. The van der Waals surface area contributed by atoms with Crippen molar-refractivity contribution in [2.45, 2.75) is 44.6 Å². The van der Waals surface area contributed by atoms with Crippen molar-refractivity contribution in [3.63, 3.8) is 0 Å². The van der Waals surface area contributed by atoms with Crippen LogP contribution in [0.25, 0.3) is 0 Å². The normalized spacial score (nSPS) is 25.8. The minimum atomic E-state index is -0.345. The lowest BCUT2D eigenvalue weighted by atomic mass is 9.57. The van der Waals surface area contributed by atoms with E-state index in [-0.39, 0.29) is 23.1 Å². The van der Waals surface area contributed by atoms with Crippen LogP contribution in [0.1, 0.15) is 38.5 Å². The summed E-state index contributed by atoms with van der Waals surface area (Å²) in [7, 11) is 0. The number of halogens is 1. The summed E-state index contributed by atoms with van der Waals surface area (Å²) in [6.45, 7) is 0. The number of rotatable bonds is 2.